The van der Waals surface area contributed by atoms with E-state index < -0.39 is 5.97 Å². The third-order valence-corrected chi connectivity index (χ3v) is 4.70. The number of carbonyl (C=O) groups excluding carboxylic acids is 2. The highest BCUT2D eigenvalue weighted by Crippen LogP contribution is 2.26. The molecule has 2 aromatic heterocycles. The molecular formula is C17H16ClN5O3S. The first-order valence-corrected chi connectivity index (χ1v) is 9.44. The van der Waals surface area contributed by atoms with Crippen LogP contribution in [0.5, 0.6) is 0 Å². The SMILES string of the molecule is CCOC(=O)CNC(=O)CSc1ncnc2c1cnn2-c1cccc(Cl)c1. The quantitative estimate of drug-likeness (QED) is 0.365. The number of hydrogen-bond acceptors (Lipinski definition) is 7. The van der Waals surface area contributed by atoms with Gasteiger partial charge in [-0.2, -0.15) is 5.10 Å². The molecule has 0 atom stereocenters. The fraction of sp³-hybridized carbons (Fsp3) is 0.235. The van der Waals surface area contributed by atoms with Crippen LogP contribution in [0.2, 0.25) is 5.02 Å². The summed E-state index contributed by atoms with van der Waals surface area (Å²) in [5.74, 6) is -0.654. The largest absolute Gasteiger partial charge is 0.465 e. The van der Waals surface area contributed by atoms with Gasteiger partial charge in [0.1, 0.15) is 17.9 Å². The fourth-order valence-corrected chi connectivity index (χ4v) is 3.28. The number of nitrogens with zero attached hydrogens (tertiary/aromatic N) is 4. The molecule has 3 aromatic rings. The molecule has 0 spiro atoms. The highest BCUT2D eigenvalue weighted by molar-refractivity contribution is 8.00. The number of nitrogens with one attached hydrogen (secondary N) is 1. The van der Waals surface area contributed by atoms with Gasteiger partial charge in [-0.3, -0.25) is 9.59 Å². The van der Waals surface area contributed by atoms with Gasteiger partial charge in [-0.25, -0.2) is 14.6 Å². The molecule has 0 aliphatic rings. The van der Waals surface area contributed by atoms with Gasteiger partial charge in [0.25, 0.3) is 0 Å². The van der Waals surface area contributed by atoms with Crippen molar-refractivity contribution in [3.63, 3.8) is 0 Å². The summed E-state index contributed by atoms with van der Waals surface area (Å²) in [6.45, 7) is 1.83. The first kappa shape index (κ1) is 19.1. The highest BCUT2D eigenvalue weighted by Gasteiger charge is 2.13. The lowest BCUT2D eigenvalue weighted by molar-refractivity contribution is -0.143. The Morgan fingerprint density at radius 2 is 2.19 bits per heavy atom. The van der Waals surface area contributed by atoms with E-state index in [1.807, 2.05) is 12.1 Å². The van der Waals surface area contributed by atoms with Crippen molar-refractivity contribution < 1.29 is 14.3 Å². The zero-order chi connectivity index (χ0) is 19.2. The minimum Gasteiger partial charge on any atom is -0.465 e. The van der Waals surface area contributed by atoms with Gasteiger partial charge in [0, 0.05) is 5.02 Å². The number of benzene rings is 1. The first-order chi connectivity index (χ1) is 13.1. The Hall–Kier alpha value is -2.65. The van der Waals surface area contributed by atoms with E-state index in [0.717, 1.165) is 11.1 Å². The Labute approximate surface area is 164 Å². The van der Waals surface area contributed by atoms with Crippen LogP contribution in [0.15, 0.2) is 41.8 Å². The van der Waals surface area contributed by atoms with Gasteiger partial charge in [0.15, 0.2) is 5.65 Å². The summed E-state index contributed by atoms with van der Waals surface area (Å²) in [7, 11) is 0. The smallest absolute Gasteiger partial charge is 0.325 e. The lowest BCUT2D eigenvalue weighted by Crippen LogP contribution is -2.31. The van der Waals surface area contributed by atoms with Crippen molar-refractivity contribution in [3.8, 4) is 5.69 Å². The zero-order valence-electron chi connectivity index (χ0n) is 14.4. The molecule has 0 aliphatic carbocycles. The lowest BCUT2D eigenvalue weighted by atomic mass is 10.3. The predicted octanol–water partition coefficient (Wildman–Crippen LogP) is 2.24. The molecule has 0 fully saturated rings. The van der Waals surface area contributed by atoms with Crippen LogP contribution in [-0.4, -0.2) is 50.5 Å². The minimum atomic E-state index is -0.469. The van der Waals surface area contributed by atoms with Gasteiger partial charge in [0.2, 0.25) is 5.91 Å². The third kappa shape index (κ3) is 4.75. The Morgan fingerprint density at radius 3 is 2.96 bits per heavy atom. The molecule has 0 radical (unpaired) electrons. The molecule has 1 N–H and O–H groups in total. The molecule has 0 saturated heterocycles. The summed E-state index contributed by atoms with van der Waals surface area (Å²) in [6.07, 6.45) is 3.07. The van der Waals surface area contributed by atoms with E-state index in [9.17, 15) is 9.59 Å². The van der Waals surface area contributed by atoms with Crippen molar-refractivity contribution in [3.05, 3.63) is 41.8 Å². The topological polar surface area (TPSA) is 99.0 Å². The van der Waals surface area contributed by atoms with Gasteiger partial charge >= 0.3 is 5.97 Å². The molecule has 27 heavy (non-hydrogen) atoms. The van der Waals surface area contributed by atoms with Crippen LogP contribution < -0.4 is 5.32 Å². The lowest BCUT2D eigenvalue weighted by Gasteiger charge is -2.06. The summed E-state index contributed by atoms with van der Waals surface area (Å²) in [5.41, 5.74) is 1.39. The molecule has 1 amide bonds. The molecule has 8 nitrogen and oxygen atoms in total. The van der Waals surface area contributed by atoms with E-state index in [1.165, 1.54) is 18.1 Å². The number of amides is 1. The van der Waals surface area contributed by atoms with E-state index in [4.69, 9.17) is 16.3 Å². The van der Waals surface area contributed by atoms with Crippen LogP contribution in [0.25, 0.3) is 16.7 Å². The number of ether oxygens (including phenoxy) is 1. The predicted molar refractivity (Wildman–Crippen MR) is 102 cm³/mol. The second kappa shape index (κ2) is 8.83. The van der Waals surface area contributed by atoms with Crippen LogP contribution >= 0.6 is 23.4 Å². The summed E-state index contributed by atoms with van der Waals surface area (Å²) in [4.78, 5) is 31.7. The number of aromatic nitrogens is 4. The summed E-state index contributed by atoms with van der Waals surface area (Å²) in [6, 6.07) is 7.26. The summed E-state index contributed by atoms with van der Waals surface area (Å²) < 4.78 is 6.42. The molecule has 10 heteroatoms. The molecular weight excluding hydrogens is 390 g/mol. The van der Waals surface area contributed by atoms with E-state index >= 15 is 0 Å². The maximum atomic E-state index is 11.9. The fourth-order valence-electron chi connectivity index (χ4n) is 2.30. The van der Waals surface area contributed by atoms with Crippen LogP contribution in [0, 0.1) is 0 Å². The van der Waals surface area contributed by atoms with Crippen LogP contribution in [0.4, 0.5) is 0 Å². The first-order valence-electron chi connectivity index (χ1n) is 8.08. The van der Waals surface area contributed by atoms with Crippen molar-refractivity contribution in [1.29, 1.82) is 0 Å². The van der Waals surface area contributed by atoms with Crippen molar-refractivity contribution in [2.24, 2.45) is 0 Å². The van der Waals surface area contributed by atoms with Crippen molar-refractivity contribution >= 4 is 46.3 Å². The van der Waals surface area contributed by atoms with Crippen molar-refractivity contribution in [2.45, 2.75) is 11.9 Å². The second-order valence-electron chi connectivity index (χ2n) is 5.32. The van der Waals surface area contributed by atoms with Crippen molar-refractivity contribution in [1.82, 2.24) is 25.1 Å². The van der Waals surface area contributed by atoms with Crippen LogP contribution in [0.3, 0.4) is 0 Å². The number of fused-ring (bicyclic) bond motifs is 1. The minimum absolute atomic E-state index is 0.105. The second-order valence-corrected chi connectivity index (χ2v) is 6.72. The Morgan fingerprint density at radius 1 is 1.33 bits per heavy atom. The number of esters is 1. The van der Waals surface area contributed by atoms with Crippen LogP contribution in [-0.2, 0) is 14.3 Å². The molecule has 0 aliphatic heterocycles. The highest BCUT2D eigenvalue weighted by atomic mass is 35.5. The standard InChI is InChI=1S/C17H16ClN5O3S/c1-2-26-15(25)8-19-14(24)9-27-17-13-7-22-23(16(13)20-10-21-17)12-5-3-4-11(18)6-12/h3-7,10H,2,8-9H2,1H3,(H,19,24). The summed E-state index contributed by atoms with van der Waals surface area (Å²) >= 11 is 7.29. The van der Waals surface area contributed by atoms with Gasteiger partial charge < -0.3 is 10.1 Å². The van der Waals surface area contributed by atoms with Gasteiger partial charge in [-0.05, 0) is 25.1 Å². The maximum absolute atomic E-state index is 11.9. The number of rotatable bonds is 7. The average molecular weight is 406 g/mol. The molecule has 140 valence electrons. The zero-order valence-corrected chi connectivity index (χ0v) is 16.0. The third-order valence-electron chi connectivity index (χ3n) is 3.46. The van der Waals surface area contributed by atoms with Gasteiger partial charge in [0.05, 0.1) is 29.6 Å². The molecule has 0 bridgehead atoms. The molecule has 1 aromatic carbocycles. The Balaban J connectivity index is 1.71. The average Bonchev–Trinajstić information content (AvgIpc) is 3.09. The molecule has 0 unspecified atom stereocenters. The molecule has 3 rings (SSSR count). The summed E-state index contributed by atoms with van der Waals surface area (Å²) in [5, 5.41) is 8.81. The van der Waals surface area contributed by atoms with E-state index in [-0.39, 0.29) is 24.8 Å². The van der Waals surface area contributed by atoms with Crippen LogP contribution in [0.1, 0.15) is 6.92 Å². The monoisotopic (exact) mass is 405 g/mol. The van der Waals surface area contributed by atoms with Gasteiger partial charge in [-0.15, -0.1) is 0 Å². The molecule has 2 heterocycles. The molecule has 0 saturated carbocycles. The number of carbonyl (C=O) groups is 2. The Bertz CT molecular complexity index is 978. The Kier molecular flexibility index (Phi) is 6.25. The van der Waals surface area contributed by atoms with Crippen molar-refractivity contribution in [2.75, 3.05) is 18.9 Å². The van der Waals surface area contributed by atoms with Gasteiger partial charge in [-0.1, -0.05) is 29.4 Å². The van der Waals surface area contributed by atoms with E-state index in [2.05, 4.69) is 20.4 Å². The maximum Gasteiger partial charge on any atom is 0.325 e. The number of halogens is 1. The van der Waals surface area contributed by atoms with E-state index in [0.29, 0.717) is 15.7 Å². The number of hydrogen-bond donors (Lipinski definition) is 1. The normalized spacial score (nSPS) is 10.7. The van der Waals surface area contributed by atoms with E-state index in [1.54, 1.807) is 29.9 Å². The number of thioether (sulfide) groups is 1.